The van der Waals surface area contributed by atoms with Gasteiger partial charge in [0, 0.05) is 18.8 Å². The number of alkyl halides is 3. The molecule has 3 heterocycles. The number of likely N-dealkylation sites (tertiary alicyclic amines) is 1. The fourth-order valence-electron chi connectivity index (χ4n) is 3.96. The Labute approximate surface area is 156 Å². The van der Waals surface area contributed by atoms with Crippen LogP contribution in [0.5, 0.6) is 0 Å². The van der Waals surface area contributed by atoms with Crippen LogP contribution < -0.4 is 10.6 Å². The highest BCUT2D eigenvalue weighted by Crippen LogP contribution is 2.36. The van der Waals surface area contributed by atoms with Crippen molar-refractivity contribution in [2.24, 2.45) is 4.99 Å². The minimum atomic E-state index is -4.33. The third-order valence-corrected chi connectivity index (χ3v) is 5.39. The first kappa shape index (κ1) is 17.9. The van der Waals surface area contributed by atoms with Crippen molar-refractivity contribution in [3.8, 4) is 0 Å². The molecule has 144 valence electrons. The van der Waals surface area contributed by atoms with E-state index in [0.717, 1.165) is 72.3 Å². The molecule has 3 aliphatic heterocycles. The highest BCUT2D eigenvalue weighted by molar-refractivity contribution is 5.85. The number of fused-ring (bicyclic) bond motifs is 1. The molecule has 0 bridgehead atoms. The number of benzene rings is 1. The van der Waals surface area contributed by atoms with Gasteiger partial charge in [-0.15, -0.1) is 0 Å². The molecule has 27 heavy (non-hydrogen) atoms. The lowest BCUT2D eigenvalue weighted by Gasteiger charge is -2.35. The second kappa shape index (κ2) is 6.62. The topological polar surface area (TPSA) is 39.7 Å². The molecule has 1 aromatic rings. The van der Waals surface area contributed by atoms with Crippen molar-refractivity contribution >= 4 is 11.5 Å². The van der Waals surface area contributed by atoms with Gasteiger partial charge < -0.3 is 15.5 Å². The van der Waals surface area contributed by atoms with Gasteiger partial charge in [0.1, 0.15) is 11.9 Å². The van der Waals surface area contributed by atoms with E-state index < -0.39 is 11.7 Å². The number of halogens is 3. The van der Waals surface area contributed by atoms with E-state index in [0.29, 0.717) is 0 Å². The van der Waals surface area contributed by atoms with Crippen LogP contribution in [0.4, 0.5) is 13.2 Å². The van der Waals surface area contributed by atoms with E-state index in [4.69, 9.17) is 4.99 Å². The Balaban J connectivity index is 1.68. The molecule has 1 unspecified atom stereocenters. The second-order valence-electron chi connectivity index (χ2n) is 7.31. The Morgan fingerprint density at radius 3 is 2.30 bits per heavy atom. The average Bonchev–Trinajstić information content (AvgIpc) is 2.98. The SMILES string of the molecule is CC1=NC2C(C)=C(c3ccc(C(F)(F)F)cc3)NC2=C(N2CCCCC2)N1. The standard InChI is InChI=1S/C20H23F3N4/c1-12-16(14-6-8-15(9-7-14)20(21,22)23)26-18-17(12)24-13(2)25-19(18)27-10-4-3-5-11-27/h6-9,17,26H,3-5,10-11H2,1-2H3,(H,24,25). The van der Waals surface area contributed by atoms with E-state index in [1.807, 2.05) is 13.8 Å². The zero-order valence-corrected chi connectivity index (χ0v) is 15.5. The van der Waals surface area contributed by atoms with Crippen molar-refractivity contribution in [2.45, 2.75) is 45.3 Å². The van der Waals surface area contributed by atoms with Crippen molar-refractivity contribution in [2.75, 3.05) is 13.1 Å². The molecule has 1 fully saturated rings. The smallest absolute Gasteiger partial charge is 0.357 e. The van der Waals surface area contributed by atoms with Crippen LogP contribution in [0.1, 0.15) is 44.2 Å². The molecule has 1 atom stereocenters. The summed E-state index contributed by atoms with van der Waals surface area (Å²) in [5.74, 6) is 1.91. The van der Waals surface area contributed by atoms with Gasteiger partial charge in [-0.1, -0.05) is 12.1 Å². The summed E-state index contributed by atoms with van der Waals surface area (Å²) in [7, 11) is 0. The van der Waals surface area contributed by atoms with E-state index in [-0.39, 0.29) is 6.04 Å². The molecule has 0 amide bonds. The molecule has 3 aliphatic rings. The summed E-state index contributed by atoms with van der Waals surface area (Å²) in [5.41, 5.74) is 2.98. The van der Waals surface area contributed by atoms with Crippen LogP contribution in [0.25, 0.3) is 5.70 Å². The van der Waals surface area contributed by atoms with Gasteiger partial charge in [0.05, 0.1) is 17.1 Å². The molecule has 0 spiro atoms. The van der Waals surface area contributed by atoms with Gasteiger partial charge in [0.2, 0.25) is 0 Å². The maximum absolute atomic E-state index is 12.8. The van der Waals surface area contributed by atoms with Crippen LogP contribution in [-0.4, -0.2) is 29.9 Å². The van der Waals surface area contributed by atoms with Crippen molar-refractivity contribution < 1.29 is 13.2 Å². The fourth-order valence-corrected chi connectivity index (χ4v) is 3.96. The number of piperidine rings is 1. The number of hydrogen-bond acceptors (Lipinski definition) is 4. The largest absolute Gasteiger partial charge is 0.416 e. The normalized spacial score (nSPS) is 23.1. The molecule has 2 N–H and O–H groups in total. The number of amidine groups is 1. The Morgan fingerprint density at radius 1 is 1.00 bits per heavy atom. The molecule has 4 rings (SSSR count). The molecule has 4 nitrogen and oxygen atoms in total. The van der Waals surface area contributed by atoms with Crippen LogP contribution in [0, 0.1) is 0 Å². The lowest BCUT2D eigenvalue weighted by molar-refractivity contribution is -0.137. The minimum Gasteiger partial charge on any atom is -0.357 e. The highest BCUT2D eigenvalue weighted by Gasteiger charge is 2.35. The first-order valence-electron chi connectivity index (χ1n) is 9.30. The van der Waals surface area contributed by atoms with E-state index in [1.165, 1.54) is 18.6 Å². The molecular weight excluding hydrogens is 353 g/mol. The Bertz CT molecular complexity index is 828. The van der Waals surface area contributed by atoms with Crippen molar-refractivity contribution in [1.29, 1.82) is 0 Å². The van der Waals surface area contributed by atoms with Crippen LogP contribution in [0.15, 0.2) is 46.3 Å². The first-order valence-corrected chi connectivity index (χ1v) is 9.30. The molecule has 7 heteroatoms. The molecule has 0 saturated carbocycles. The average molecular weight is 376 g/mol. The maximum Gasteiger partial charge on any atom is 0.416 e. The maximum atomic E-state index is 12.8. The van der Waals surface area contributed by atoms with Gasteiger partial charge in [-0.25, -0.2) is 0 Å². The molecule has 1 aromatic carbocycles. The highest BCUT2D eigenvalue weighted by atomic mass is 19.4. The zero-order chi connectivity index (χ0) is 19.2. The summed E-state index contributed by atoms with van der Waals surface area (Å²) in [6.45, 7) is 5.95. The number of nitrogens with one attached hydrogen (secondary N) is 2. The summed E-state index contributed by atoms with van der Waals surface area (Å²) in [6.07, 6.45) is -0.750. The third-order valence-electron chi connectivity index (χ3n) is 5.39. The van der Waals surface area contributed by atoms with Crippen molar-refractivity contribution in [3.63, 3.8) is 0 Å². The molecule has 0 radical (unpaired) electrons. The van der Waals surface area contributed by atoms with Crippen LogP contribution in [0.3, 0.4) is 0 Å². The fraction of sp³-hybridized carbons (Fsp3) is 0.450. The Morgan fingerprint density at radius 2 is 1.67 bits per heavy atom. The van der Waals surface area contributed by atoms with E-state index in [2.05, 4.69) is 15.5 Å². The van der Waals surface area contributed by atoms with Gasteiger partial charge in [0.25, 0.3) is 0 Å². The summed E-state index contributed by atoms with van der Waals surface area (Å²) in [5, 5.41) is 6.85. The second-order valence-corrected chi connectivity index (χ2v) is 7.31. The lowest BCUT2D eigenvalue weighted by atomic mass is 10.0. The minimum absolute atomic E-state index is 0.111. The van der Waals surface area contributed by atoms with Crippen LogP contribution >= 0.6 is 0 Å². The van der Waals surface area contributed by atoms with Crippen LogP contribution in [-0.2, 0) is 6.18 Å². The van der Waals surface area contributed by atoms with Gasteiger partial charge in [-0.3, -0.25) is 4.99 Å². The summed E-state index contributed by atoms with van der Waals surface area (Å²) < 4.78 is 38.5. The van der Waals surface area contributed by atoms with E-state index in [9.17, 15) is 13.2 Å². The first-order chi connectivity index (χ1) is 12.8. The van der Waals surface area contributed by atoms with E-state index >= 15 is 0 Å². The molecule has 0 aliphatic carbocycles. The molecular formula is C20H23F3N4. The lowest BCUT2D eigenvalue weighted by Crippen LogP contribution is -2.43. The van der Waals surface area contributed by atoms with Crippen molar-refractivity contribution in [3.05, 3.63) is 52.5 Å². The van der Waals surface area contributed by atoms with Gasteiger partial charge >= 0.3 is 6.18 Å². The molecule has 0 aromatic heterocycles. The predicted molar refractivity (Wildman–Crippen MR) is 99.7 cm³/mol. The summed E-state index contributed by atoms with van der Waals surface area (Å²) in [6, 6.07) is 5.20. The zero-order valence-electron chi connectivity index (χ0n) is 15.5. The number of aliphatic imine (C=N–C) groups is 1. The predicted octanol–water partition coefficient (Wildman–Crippen LogP) is 4.08. The van der Waals surface area contributed by atoms with Crippen molar-refractivity contribution in [1.82, 2.24) is 15.5 Å². The van der Waals surface area contributed by atoms with Crippen LogP contribution in [0.2, 0.25) is 0 Å². The monoisotopic (exact) mass is 376 g/mol. The van der Waals surface area contributed by atoms with Gasteiger partial charge in [-0.2, -0.15) is 13.2 Å². The summed E-state index contributed by atoms with van der Waals surface area (Å²) in [4.78, 5) is 7.07. The van der Waals surface area contributed by atoms with Gasteiger partial charge in [-0.05, 0) is 56.4 Å². The van der Waals surface area contributed by atoms with E-state index in [1.54, 1.807) is 0 Å². The molecule has 1 saturated heterocycles. The number of rotatable bonds is 2. The number of hydrogen-bond donors (Lipinski definition) is 2. The Hall–Kier alpha value is -2.44. The quantitative estimate of drug-likeness (QED) is 0.817. The number of nitrogens with zero attached hydrogens (tertiary/aromatic N) is 2. The Kier molecular flexibility index (Phi) is 4.40. The van der Waals surface area contributed by atoms with Gasteiger partial charge in [0.15, 0.2) is 0 Å². The third kappa shape index (κ3) is 3.31. The summed E-state index contributed by atoms with van der Waals surface area (Å²) >= 11 is 0.